The Kier molecular flexibility index (Phi) is 8.10. The van der Waals surface area contributed by atoms with E-state index in [1.807, 2.05) is 48.5 Å². The number of halogens is 2. The number of allylic oxidation sites excluding steroid dienone is 2. The molecule has 8 heteroatoms. The normalized spacial score (nSPS) is 13.8. The highest BCUT2D eigenvalue weighted by Gasteiger charge is 2.27. The summed E-state index contributed by atoms with van der Waals surface area (Å²) < 4.78 is 5.32. The number of carboxylic acid groups (broad SMARTS) is 1. The van der Waals surface area contributed by atoms with Gasteiger partial charge in [0.25, 0.3) is 5.97 Å². The molecule has 0 radical (unpaired) electrons. The average Bonchev–Trinajstić information content (AvgIpc) is 2.84. The van der Waals surface area contributed by atoms with E-state index in [2.05, 4.69) is 40.6 Å². The second kappa shape index (κ2) is 11.4. The van der Waals surface area contributed by atoms with Crippen LogP contribution < -0.4 is 10.2 Å². The van der Waals surface area contributed by atoms with E-state index in [0.29, 0.717) is 16.7 Å². The van der Waals surface area contributed by atoms with Gasteiger partial charge in [-0.2, -0.15) is 0 Å². The first kappa shape index (κ1) is 25.5. The van der Waals surface area contributed by atoms with E-state index in [1.165, 1.54) is 0 Å². The number of ether oxygens (including phenoxy) is 1. The molecular weight excluding hydrogens is 497 g/mol. The molecule has 2 N–H and O–H groups in total. The highest BCUT2D eigenvalue weighted by molar-refractivity contribution is 6.31. The summed E-state index contributed by atoms with van der Waals surface area (Å²) in [4.78, 5) is 16.2. The van der Waals surface area contributed by atoms with Crippen LogP contribution in [0, 0.1) is 0 Å². The van der Waals surface area contributed by atoms with Gasteiger partial charge in [0, 0.05) is 47.6 Å². The Morgan fingerprint density at radius 3 is 2.33 bits per heavy atom. The number of aliphatic carboxylic acids is 1. The molecule has 0 amide bonds. The van der Waals surface area contributed by atoms with Crippen molar-refractivity contribution in [2.75, 3.05) is 17.3 Å². The molecular formula is C28H25Cl2N3O3. The first-order valence-electron chi connectivity index (χ1n) is 11.2. The number of anilines is 3. The third-order valence-electron chi connectivity index (χ3n) is 5.40. The minimum Gasteiger partial charge on any atom is -0.481 e. The van der Waals surface area contributed by atoms with Gasteiger partial charge < -0.3 is 20.1 Å². The average molecular weight is 522 g/mol. The molecule has 3 aromatic carbocycles. The summed E-state index contributed by atoms with van der Waals surface area (Å²) in [7, 11) is 1.70. The molecule has 0 unspecified atom stereocenters. The van der Waals surface area contributed by atoms with Gasteiger partial charge in [-0.25, -0.2) is 4.99 Å². The number of rotatable bonds is 5. The maximum atomic E-state index is 9.00. The lowest BCUT2D eigenvalue weighted by molar-refractivity contribution is -0.134. The smallest absolute Gasteiger partial charge is 0.300 e. The predicted molar refractivity (Wildman–Crippen MR) is 147 cm³/mol. The molecule has 5 rings (SSSR count). The van der Waals surface area contributed by atoms with E-state index in [0.717, 1.165) is 58.8 Å². The molecule has 0 bridgehead atoms. The Balaban J connectivity index is 0.000000709. The van der Waals surface area contributed by atoms with Crippen molar-refractivity contribution in [3.8, 4) is 0 Å². The molecule has 184 valence electrons. The van der Waals surface area contributed by atoms with E-state index in [4.69, 9.17) is 42.8 Å². The third-order valence-corrected chi connectivity index (χ3v) is 5.90. The van der Waals surface area contributed by atoms with Crippen LogP contribution in [0.2, 0.25) is 10.0 Å². The largest absolute Gasteiger partial charge is 0.481 e. The van der Waals surface area contributed by atoms with E-state index in [1.54, 1.807) is 7.11 Å². The number of aliphatic imine (C=N–C) groups is 1. The number of carboxylic acids is 1. The lowest BCUT2D eigenvalue weighted by Crippen LogP contribution is -2.27. The number of benzene rings is 3. The summed E-state index contributed by atoms with van der Waals surface area (Å²) in [5.41, 5.74) is 8.09. The van der Waals surface area contributed by atoms with Crippen molar-refractivity contribution in [3.63, 3.8) is 0 Å². The lowest BCUT2D eigenvalue weighted by Gasteiger charge is -2.34. The van der Waals surface area contributed by atoms with Crippen molar-refractivity contribution in [2.24, 2.45) is 4.99 Å². The number of nitrogens with zero attached hydrogens (tertiary/aromatic N) is 2. The summed E-state index contributed by atoms with van der Waals surface area (Å²) in [5, 5.41) is 12.3. The molecule has 0 atom stereocenters. The fraction of sp³-hybridized carbons (Fsp3) is 0.143. The molecule has 3 aromatic rings. The Hall–Kier alpha value is -3.58. The number of hydrogen-bond donors (Lipinski definition) is 2. The zero-order valence-corrected chi connectivity index (χ0v) is 21.3. The van der Waals surface area contributed by atoms with Gasteiger partial charge in [0.1, 0.15) is 0 Å². The van der Waals surface area contributed by atoms with E-state index in [9.17, 15) is 0 Å². The summed E-state index contributed by atoms with van der Waals surface area (Å²) >= 11 is 12.2. The van der Waals surface area contributed by atoms with Crippen molar-refractivity contribution >= 4 is 57.6 Å². The van der Waals surface area contributed by atoms with Crippen LogP contribution in [0.15, 0.2) is 95.3 Å². The highest BCUT2D eigenvalue weighted by Crippen LogP contribution is 2.43. The van der Waals surface area contributed by atoms with Gasteiger partial charge >= 0.3 is 0 Å². The topological polar surface area (TPSA) is 74.2 Å². The van der Waals surface area contributed by atoms with Crippen molar-refractivity contribution in [3.05, 3.63) is 106 Å². The molecule has 1 heterocycles. The van der Waals surface area contributed by atoms with Crippen molar-refractivity contribution in [1.29, 1.82) is 0 Å². The first-order valence-corrected chi connectivity index (χ1v) is 12.0. The number of carbonyl (C=O) groups is 1. The zero-order valence-electron chi connectivity index (χ0n) is 19.8. The lowest BCUT2D eigenvalue weighted by atomic mass is 10.00. The van der Waals surface area contributed by atoms with Crippen LogP contribution in [0.3, 0.4) is 0 Å². The molecule has 0 fully saturated rings. The molecule has 2 aliphatic rings. The fourth-order valence-electron chi connectivity index (χ4n) is 3.94. The van der Waals surface area contributed by atoms with Gasteiger partial charge in [0.05, 0.1) is 29.4 Å². The van der Waals surface area contributed by atoms with Crippen LogP contribution in [0.25, 0.3) is 0 Å². The van der Waals surface area contributed by atoms with Gasteiger partial charge in [-0.15, -0.1) is 0 Å². The SMILES string of the molecule is CC(=O)O.COCc1ccc2c(c1)N=C1C=C(Nc3ccc(Cl)cc3)CC=C1N2c1ccc(Cl)cc1. The molecule has 1 aliphatic heterocycles. The quantitative estimate of drug-likeness (QED) is 0.359. The Labute approximate surface area is 220 Å². The summed E-state index contributed by atoms with van der Waals surface area (Å²) in [6.07, 6.45) is 5.08. The zero-order chi connectivity index (χ0) is 25.7. The van der Waals surface area contributed by atoms with Crippen molar-refractivity contribution < 1.29 is 14.6 Å². The molecule has 6 nitrogen and oxygen atoms in total. The third kappa shape index (κ3) is 6.15. The number of methoxy groups -OCH3 is 1. The molecule has 0 aromatic heterocycles. The summed E-state index contributed by atoms with van der Waals surface area (Å²) in [6, 6.07) is 21.8. The van der Waals surface area contributed by atoms with E-state index in [-0.39, 0.29) is 0 Å². The van der Waals surface area contributed by atoms with Crippen LogP contribution in [-0.4, -0.2) is 23.9 Å². The van der Waals surface area contributed by atoms with Gasteiger partial charge in [-0.3, -0.25) is 4.79 Å². The van der Waals surface area contributed by atoms with Crippen LogP contribution in [-0.2, 0) is 16.1 Å². The van der Waals surface area contributed by atoms with Crippen LogP contribution in [0.4, 0.5) is 22.7 Å². The molecule has 0 spiro atoms. The van der Waals surface area contributed by atoms with Gasteiger partial charge in [0.15, 0.2) is 0 Å². The summed E-state index contributed by atoms with van der Waals surface area (Å²) in [5.74, 6) is -0.833. The maximum Gasteiger partial charge on any atom is 0.300 e. The van der Waals surface area contributed by atoms with Crippen molar-refractivity contribution in [2.45, 2.75) is 20.0 Å². The number of fused-ring (bicyclic) bond motifs is 2. The van der Waals surface area contributed by atoms with E-state index < -0.39 is 5.97 Å². The Morgan fingerprint density at radius 2 is 1.69 bits per heavy atom. The second-order valence-electron chi connectivity index (χ2n) is 8.18. The second-order valence-corrected chi connectivity index (χ2v) is 9.05. The number of nitrogens with one attached hydrogen (secondary N) is 1. The number of hydrogen-bond acceptors (Lipinski definition) is 5. The van der Waals surface area contributed by atoms with Gasteiger partial charge in [0.2, 0.25) is 0 Å². The highest BCUT2D eigenvalue weighted by atomic mass is 35.5. The van der Waals surface area contributed by atoms with Crippen LogP contribution >= 0.6 is 23.2 Å². The Morgan fingerprint density at radius 1 is 1.06 bits per heavy atom. The summed E-state index contributed by atoms with van der Waals surface area (Å²) in [6.45, 7) is 1.63. The fourth-order valence-corrected chi connectivity index (χ4v) is 4.19. The Bertz CT molecular complexity index is 1340. The molecule has 0 saturated carbocycles. The van der Waals surface area contributed by atoms with Crippen LogP contribution in [0.5, 0.6) is 0 Å². The minimum absolute atomic E-state index is 0.543. The maximum absolute atomic E-state index is 9.00. The molecule has 36 heavy (non-hydrogen) atoms. The first-order chi connectivity index (χ1) is 17.3. The minimum atomic E-state index is -0.833. The van der Waals surface area contributed by atoms with Gasteiger partial charge in [-0.05, 0) is 72.3 Å². The monoisotopic (exact) mass is 521 g/mol. The van der Waals surface area contributed by atoms with Crippen molar-refractivity contribution in [1.82, 2.24) is 0 Å². The van der Waals surface area contributed by atoms with E-state index >= 15 is 0 Å². The molecule has 0 saturated heterocycles. The molecule has 1 aliphatic carbocycles. The predicted octanol–water partition coefficient (Wildman–Crippen LogP) is 7.74. The standard InChI is InChI=1S/C26H21Cl2N3O.C2H4O2/c1-32-16-17-2-12-25-23(14-17)30-24-15-21(29-20-7-3-18(27)4-8-20)9-13-26(24)31(25)22-10-5-19(28)6-11-22;1-2(3)4/h2-8,10-15,29H,9,16H2,1H3;1H3,(H,3,4). The van der Waals surface area contributed by atoms with Crippen LogP contribution in [0.1, 0.15) is 18.9 Å². The van der Waals surface area contributed by atoms with Gasteiger partial charge in [-0.1, -0.05) is 35.3 Å².